The van der Waals surface area contributed by atoms with Crippen LogP contribution in [0.5, 0.6) is 5.75 Å². The van der Waals surface area contributed by atoms with Gasteiger partial charge in [0.15, 0.2) is 0 Å². The molecule has 1 unspecified atom stereocenters. The van der Waals surface area contributed by atoms with E-state index >= 15 is 0 Å². The average molecular weight is 472 g/mol. The Morgan fingerprint density at radius 1 is 1.12 bits per heavy atom. The zero-order valence-corrected chi connectivity index (χ0v) is 19.6. The molecular formula is C26H34FN3O4. The molecule has 3 amide bonds. The van der Waals surface area contributed by atoms with E-state index in [-0.39, 0.29) is 30.4 Å². The molecule has 2 aliphatic carbocycles. The van der Waals surface area contributed by atoms with Gasteiger partial charge in [-0.15, -0.1) is 0 Å². The number of benzene rings is 1. The lowest BCUT2D eigenvalue weighted by atomic mass is 9.79. The number of halogens is 1. The second-order valence-electron chi connectivity index (χ2n) is 10.3. The number of rotatable bonds is 8. The Balaban J connectivity index is 1.18. The molecule has 4 aliphatic rings. The highest BCUT2D eigenvalue weighted by Crippen LogP contribution is 2.39. The fourth-order valence-corrected chi connectivity index (χ4v) is 5.77. The Bertz CT molecular complexity index is 963. The molecule has 2 N–H and O–H groups in total. The predicted molar refractivity (Wildman–Crippen MR) is 124 cm³/mol. The average Bonchev–Trinajstić information content (AvgIpc) is 3.12. The number of amides is 3. The van der Waals surface area contributed by atoms with E-state index in [9.17, 15) is 18.8 Å². The Morgan fingerprint density at radius 3 is 2.71 bits per heavy atom. The van der Waals surface area contributed by atoms with Crippen LogP contribution < -0.4 is 15.4 Å². The minimum absolute atomic E-state index is 0.0400. The minimum atomic E-state index is -0.923. The molecule has 3 atom stereocenters. The molecule has 34 heavy (non-hydrogen) atoms. The van der Waals surface area contributed by atoms with E-state index in [0.717, 1.165) is 56.4 Å². The maximum Gasteiger partial charge on any atom is 0.255 e. The van der Waals surface area contributed by atoms with Crippen molar-refractivity contribution in [2.24, 2.45) is 0 Å². The largest absolute Gasteiger partial charge is 0.489 e. The van der Waals surface area contributed by atoms with Crippen molar-refractivity contribution in [2.45, 2.75) is 101 Å². The quantitative estimate of drug-likeness (QED) is 0.448. The van der Waals surface area contributed by atoms with Gasteiger partial charge in [0.1, 0.15) is 23.6 Å². The third-order valence-corrected chi connectivity index (χ3v) is 7.94. The smallest absolute Gasteiger partial charge is 0.255 e. The first-order chi connectivity index (χ1) is 16.4. The van der Waals surface area contributed by atoms with Crippen molar-refractivity contribution in [1.82, 2.24) is 15.5 Å². The molecule has 184 valence electrons. The number of hydrogen-bond donors (Lipinski definition) is 2. The van der Waals surface area contributed by atoms with E-state index in [1.54, 1.807) is 11.0 Å². The fraction of sp³-hybridized carbons (Fsp3) is 0.654. The Kier molecular flexibility index (Phi) is 6.60. The molecule has 2 aliphatic heterocycles. The lowest BCUT2D eigenvalue weighted by molar-refractivity contribution is -0.136. The van der Waals surface area contributed by atoms with Crippen LogP contribution in [0.15, 0.2) is 18.2 Å². The fourth-order valence-electron chi connectivity index (χ4n) is 5.77. The number of alkyl halides is 1. The van der Waals surface area contributed by atoms with Gasteiger partial charge in [-0.2, -0.15) is 0 Å². The molecule has 2 saturated carbocycles. The van der Waals surface area contributed by atoms with Gasteiger partial charge in [0, 0.05) is 24.6 Å². The number of ether oxygens (including phenoxy) is 1. The zero-order valence-electron chi connectivity index (χ0n) is 19.6. The highest BCUT2D eigenvalue weighted by molar-refractivity contribution is 6.05. The maximum atomic E-state index is 14.2. The second kappa shape index (κ2) is 9.64. The number of hydrogen-bond acceptors (Lipinski definition) is 5. The number of imide groups is 1. The number of fused-ring (bicyclic) bond motifs is 1. The monoisotopic (exact) mass is 471 g/mol. The summed E-state index contributed by atoms with van der Waals surface area (Å²) in [5.41, 5.74) is 0.515. The van der Waals surface area contributed by atoms with E-state index in [1.807, 2.05) is 12.1 Å². The van der Waals surface area contributed by atoms with Gasteiger partial charge in [-0.1, -0.05) is 6.42 Å². The summed E-state index contributed by atoms with van der Waals surface area (Å²) >= 11 is 0. The van der Waals surface area contributed by atoms with E-state index in [1.165, 1.54) is 0 Å². The molecule has 0 aromatic heterocycles. The van der Waals surface area contributed by atoms with Gasteiger partial charge >= 0.3 is 0 Å². The van der Waals surface area contributed by atoms with E-state index < -0.39 is 17.6 Å². The summed E-state index contributed by atoms with van der Waals surface area (Å²) in [5, 5.41) is 5.94. The molecule has 8 heteroatoms. The van der Waals surface area contributed by atoms with E-state index in [0.29, 0.717) is 37.8 Å². The van der Waals surface area contributed by atoms with Crippen LogP contribution in [0.3, 0.4) is 0 Å². The van der Waals surface area contributed by atoms with Crippen molar-refractivity contribution in [2.75, 3.05) is 6.54 Å². The van der Waals surface area contributed by atoms with Crippen molar-refractivity contribution < 1.29 is 23.5 Å². The number of carbonyl (C=O) groups excluding carboxylic acids is 3. The molecule has 3 fully saturated rings. The summed E-state index contributed by atoms with van der Waals surface area (Å²) in [6, 6.07) is 5.15. The molecule has 0 spiro atoms. The van der Waals surface area contributed by atoms with Gasteiger partial charge in [-0.25, -0.2) is 4.39 Å². The topological polar surface area (TPSA) is 87.7 Å². The minimum Gasteiger partial charge on any atom is -0.489 e. The lowest BCUT2D eigenvalue weighted by Crippen LogP contribution is -2.52. The molecule has 2 heterocycles. The number of piperidine rings is 1. The van der Waals surface area contributed by atoms with Gasteiger partial charge in [0.05, 0.1) is 0 Å². The summed E-state index contributed by atoms with van der Waals surface area (Å²) in [5.74, 6) is -0.136. The van der Waals surface area contributed by atoms with Crippen LogP contribution >= 0.6 is 0 Å². The van der Waals surface area contributed by atoms with Gasteiger partial charge in [0.2, 0.25) is 11.8 Å². The lowest BCUT2D eigenvalue weighted by Gasteiger charge is -2.35. The molecule has 1 aromatic rings. The Hall–Kier alpha value is -2.48. The number of nitrogens with one attached hydrogen (secondary N) is 2. The molecular weight excluding hydrogens is 437 g/mol. The first-order valence-electron chi connectivity index (χ1n) is 12.8. The molecule has 0 radical (unpaired) electrons. The van der Waals surface area contributed by atoms with Gasteiger partial charge in [-0.05, 0) is 88.1 Å². The second-order valence-corrected chi connectivity index (χ2v) is 10.3. The number of carbonyl (C=O) groups is 3. The molecule has 1 aromatic carbocycles. The summed E-state index contributed by atoms with van der Waals surface area (Å²) in [6.45, 7) is 1.14. The summed E-state index contributed by atoms with van der Waals surface area (Å²) in [6.07, 6.45) is 8.83. The van der Waals surface area contributed by atoms with Crippen molar-refractivity contribution >= 4 is 17.7 Å². The third kappa shape index (κ3) is 4.83. The van der Waals surface area contributed by atoms with E-state index in [2.05, 4.69) is 10.6 Å². The van der Waals surface area contributed by atoms with Crippen LogP contribution in [0.4, 0.5) is 4.39 Å². The Labute approximate surface area is 199 Å². The van der Waals surface area contributed by atoms with Crippen LogP contribution in [0, 0.1) is 0 Å². The van der Waals surface area contributed by atoms with Crippen molar-refractivity contribution in [3.8, 4) is 5.75 Å². The van der Waals surface area contributed by atoms with Crippen molar-refractivity contribution in [1.29, 1.82) is 0 Å². The summed E-state index contributed by atoms with van der Waals surface area (Å²) in [7, 11) is 0. The SMILES string of the molecule is O=C1CCC(N2Cc3cc(O[C@H]4CCCC[C@@H]4NCCCC4(F)CCC4)ccc3C2=O)C(=O)N1. The van der Waals surface area contributed by atoms with Crippen molar-refractivity contribution in [3.63, 3.8) is 0 Å². The van der Waals surface area contributed by atoms with Crippen LogP contribution in [0.2, 0.25) is 0 Å². The summed E-state index contributed by atoms with van der Waals surface area (Å²) in [4.78, 5) is 38.2. The van der Waals surface area contributed by atoms with Gasteiger partial charge < -0.3 is 15.0 Å². The van der Waals surface area contributed by atoms with Crippen LogP contribution in [-0.4, -0.2) is 53.0 Å². The van der Waals surface area contributed by atoms with Crippen LogP contribution in [-0.2, 0) is 16.1 Å². The molecule has 1 saturated heterocycles. The highest BCUT2D eigenvalue weighted by Gasteiger charge is 2.39. The van der Waals surface area contributed by atoms with E-state index in [4.69, 9.17) is 4.74 Å². The van der Waals surface area contributed by atoms with Gasteiger partial charge in [-0.3, -0.25) is 19.7 Å². The molecule has 0 bridgehead atoms. The predicted octanol–water partition coefficient (Wildman–Crippen LogP) is 3.40. The van der Waals surface area contributed by atoms with Crippen molar-refractivity contribution in [3.05, 3.63) is 29.3 Å². The normalized spacial score (nSPS) is 28.3. The molecule has 5 rings (SSSR count). The zero-order chi connectivity index (χ0) is 23.7. The van der Waals surface area contributed by atoms with Crippen LogP contribution in [0.1, 0.15) is 86.6 Å². The standard InChI is InChI=1S/C26H34FN3O4/c27-26(11-3-12-26)13-4-14-28-20-5-1-2-6-22(20)34-18-7-8-19-17(15-18)16-30(25(19)33)21-9-10-23(31)29-24(21)32/h7-8,15,20-22,28H,1-6,9-14,16H2,(H,29,31,32)/t20-,21?,22-/m0/s1. The van der Waals surface area contributed by atoms with Gasteiger partial charge in [0.25, 0.3) is 5.91 Å². The third-order valence-electron chi connectivity index (χ3n) is 7.94. The Morgan fingerprint density at radius 2 is 1.94 bits per heavy atom. The first kappa shape index (κ1) is 23.3. The summed E-state index contributed by atoms with van der Waals surface area (Å²) < 4.78 is 20.6. The molecule has 7 nitrogen and oxygen atoms in total. The maximum absolute atomic E-state index is 14.2. The first-order valence-corrected chi connectivity index (χ1v) is 12.8. The number of nitrogens with zero attached hydrogens (tertiary/aromatic N) is 1. The van der Waals surface area contributed by atoms with Crippen LogP contribution in [0.25, 0.3) is 0 Å². The highest BCUT2D eigenvalue weighted by atomic mass is 19.1.